The first kappa shape index (κ1) is 44.5. The van der Waals surface area contributed by atoms with Gasteiger partial charge >= 0.3 is 0 Å². The highest BCUT2D eigenvalue weighted by Crippen LogP contribution is 2.56. The standard InChI is InChI=1S/C52H59N9O6/c1-4-7-43(47(64)55-31-62)60-28-36-22-38(13-16-41(36)48(60)65)52(67)18-20-58(21-19-52)27-34-10-14-39(15-11-34)59-29-51(30-59)23-37(24-51)35-12-17-44(53-25-35)56-50-54-26-42-32(2)45(33(3)63)49(66)61(46(42)57-50)40-8-5-6-9-40/h10-17,22,25-26,31,37,40,43,67H,4-9,18-21,23-24,27-30H2,1-3H3,(H,55,62,64)(H,53,54,56,57). The van der Waals surface area contributed by atoms with Crippen LogP contribution in [-0.4, -0.2) is 90.7 Å². The Balaban J connectivity index is 0.698. The average molecular weight is 906 g/mol. The first-order valence-electron chi connectivity index (χ1n) is 24.0. The van der Waals surface area contributed by atoms with Gasteiger partial charge in [0.2, 0.25) is 18.3 Å². The minimum Gasteiger partial charge on any atom is -0.385 e. The molecule has 2 aliphatic carbocycles. The average Bonchev–Trinajstić information content (AvgIpc) is 3.94. The summed E-state index contributed by atoms with van der Waals surface area (Å²) in [7, 11) is 0. The molecule has 15 nitrogen and oxygen atoms in total. The van der Waals surface area contributed by atoms with Crippen LogP contribution < -0.4 is 21.1 Å². The topological polar surface area (TPSA) is 183 Å². The van der Waals surface area contributed by atoms with E-state index in [1.54, 1.807) is 23.8 Å². The number of carbonyl (C=O) groups is 4. The normalized spacial score (nSPS) is 19.6. The molecule has 2 aromatic carbocycles. The van der Waals surface area contributed by atoms with Crippen LogP contribution in [0.4, 0.5) is 17.5 Å². The molecule has 3 N–H and O–H groups in total. The zero-order chi connectivity index (χ0) is 46.6. The summed E-state index contributed by atoms with van der Waals surface area (Å²) in [4.78, 5) is 83.5. The van der Waals surface area contributed by atoms with E-state index >= 15 is 0 Å². The number of imide groups is 1. The molecule has 10 rings (SSSR count). The van der Waals surface area contributed by atoms with E-state index in [1.807, 2.05) is 31.3 Å². The number of hydrogen-bond acceptors (Lipinski definition) is 12. The summed E-state index contributed by atoms with van der Waals surface area (Å²) in [5.74, 6) is 0.531. The molecule has 3 aromatic heterocycles. The maximum atomic E-state index is 13.6. The number of hydrogen-bond donors (Lipinski definition) is 3. The molecule has 15 heteroatoms. The van der Waals surface area contributed by atoms with Crippen LogP contribution in [0.15, 0.2) is 71.8 Å². The van der Waals surface area contributed by atoms with Crippen LogP contribution in [0.3, 0.4) is 0 Å². The van der Waals surface area contributed by atoms with E-state index in [9.17, 15) is 29.1 Å². The second kappa shape index (κ2) is 17.7. The number of fused-ring (bicyclic) bond motifs is 2. The highest BCUT2D eigenvalue weighted by Gasteiger charge is 2.52. The number of nitrogens with one attached hydrogen (secondary N) is 2. The fourth-order valence-electron chi connectivity index (χ4n) is 11.8. The third-order valence-corrected chi connectivity index (χ3v) is 15.5. The van der Waals surface area contributed by atoms with Crippen molar-refractivity contribution in [1.29, 1.82) is 0 Å². The summed E-state index contributed by atoms with van der Waals surface area (Å²) in [6, 6.07) is 17.9. The van der Waals surface area contributed by atoms with Gasteiger partial charge in [-0.3, -0.25) is 38.8 Å². The van der Waals surface area contributed by atoms with Crippen molar-refractivity contribution in [2.45, 2.75) is 122 Å². The van der Waals surface area contributed by atoms with E-state index in [0.717, 1.165) is 87.8 Å². The predicted octanol–water partition coefficient (Wildman–Crippen LogP) is 6.82. The van der Waals surface area contributed by atoms with Crippen LogP contribution in [0.1, 0.15) is 139 Å². The molecule has 2 saturated carbocycles. The Kier molecular flexibility index (Phi) is 11.8. The van der Waals surface area contributed by atoms with Crippen molar-refractivity contribution >= 4 is 52.5 Å². The van der Waals surface area contributed by atoms with E-state index in [0.29, 0.717) is 72.0 Å². The lowest BCUT2D eigenvalue weighted by Crippen LogP contribution is -2.61. The van der Waals surface area contributed by atoms with Gasteiger partial charge in [0.1, 0.15) is 17.5 Å². The van der Waals surface area contributed by atoms with Crippen LogP contribution in [-0.2, 0) is 28.3 Å². The first-order chi connectivity index (χ1) is 32.4. The molecule has 1 atom stereocenters. The van der Waals surface area contributed by atoms with E-state index in [4.69, 9.17) is 9.97 Å². The number of piperidine rings is 1. The molecule has 348 valence electrons. The van der Waals surface area contributed by atoms with Crippen molar-refractivity contribution in [3.63, 3.8) is 0 Å². The number of ketones is 1. The Hall–Kier alpha value is -6.32. The molecular formula is C52H59N9O6. The summed E-state index contributed by atoms with van der Waals surface area (Å²) in [5.41, 5.74) is 6.32. The highest BCUT2D eigenvalue weighted by molar-refractivity contribution is 6.02. The monoisotopic (exact) mass is 905 g/mol. The summed E-state index contributed by atoms with van der Waals surface area (Å²) in [5, 5.41) is 18.0. The zero-order valence-corrected chi connectivity index (χ0v) is 38.6. The van der Waals surface area contributed by atoms with Gasteiger partial charge in [-0.15, -0.1) is 0 Å². The van der Waals surface area contributed by atoms with Crippen LogP contribution in [0.5, 0.6) is 0 Å². The van der Waals surface area contributed by atoms with Crippen molar-refractivity contribution in [2.24, 2.45) is 5.41 Å². The number of pyridine rings is 2. The molecule has 67 heavy (non-hydrogen) atoms. The summed E-state index contributed by atoms with van der Waals surface area (Å²) in [6.07, 6.45) is 12.4. The molecule has 3 amide bonds. The van der Waals surface area contributed by atoms with E-state index in [-0.39, 0.29) is 35.4 Å². The molecule has 1 spiro atoms. The molecule has 6 heterocycles. The van der Waals surface area contributed by atoms with Crippen LogP contribution in [0, 0.1) is 12.3 Å². The van der Waals surface area contributed by atoms with Crippen LogP contribution in [0.25, 0.3) is 11.0 Å². The number of Topliss-reactive ketones (excluding diaryl/α,β-unsaturated/α-hetero) is 1. The lowest BCUT2D eigenvalue weighted by atomic mass is 9.56. The van der Waals surface area contributed by atoms with Gasteiger partial charge in [0, 0.05) is 79.8 Å². The SMILES string of the molecule is CCCC(C(=O)NC=O)N1Cc2cc(C3(O)CCN(Cc4ccc(N5CC6(CC(c7ccc(Nc8ncc9c(C)c(C(C)=O)c(=O)n(C%10CCCC%10)c9n8)nc7)C6)C5)cc4)CC3)ccc2C1=O. The van der Waals surface area contributed by atoms with E-state index in [2.05, 4.69) is 55.7 Å². The van der Waals surface area contributed by atoms with Crippen LogP contribution in [0.2, 0.25) is 0 Å². The molecule has 5 aliphatic rings. The highest BCUT2D eigenvalue weighted by atomic mass is 16.3. The van der Waals surface area contributed by atoms with Crippen molar-refractivity contribution < 1.29 is 24.3 Å². The smallest absolute Gasteiger partial charge is 0.263 e. The molecule has 3 aliphatic heterocycles. The molecule has 5 aromatic rings. The maximum absolute atomic E-state index is 13.6. The third-order valence-electron chi connectivity index (χ3n) is 15.5. The van der Waals surface area contributed by atoms with Gasteiger partial charge in [-0.05, 0) is 117 Å². The Morgan fingerprint density at radius 2 is 1.72 bits per heavy atom. The molecule has 2 saturated heterocycles. The molecule has 0 bridgehead atoms. The number of aromatic nitrogens is 4. The van der Waals surface area contributed by atoms with Crippen molar-refractivity contribution in [2.75, 3.05) is 36.4 Å². The largest absolute Gasteiger partial charge is 0.385 e. The molecule has 4 fully saturated rings. The van der Waals surface area contributed by atoms with E-state index in [1.165, 1.54) is 28.6 Å². The van der Waals surface area contributed by atoms with Crippen molar-refractivity contribution in [3.05, 3.63) is 116 Å². The van der Waals surface area contributed by atoms with Gasteiger partial charge in [0.15, 0.2) is 5.78 Å². The number of aryl methyl sites for hydroxylation is 1. The predicted molar refractivity (Wildman–Crippen MR) is 254 cm³/mol. The number of likely N-dealkylation sites (tertiary alicyclic amines) is 1. The number of aliphatic hydroxyl groups is 1. The van der Waals surface area contributed by atoms with Gasteiger partial charge in [0.25, 0.3) is 11.5 Å². The Labute approximate surface area is 390 Å². The van der Waals surface area contributed by atoms with Gasteiger partial charge in [-0.1, -0.05) is 56.5 Å². The molecular weight excluding hydrogens is 847 g/mol. The Morgan fingerprint density at radius 1 is 0.970 bits per heavy atom. The van der Waals surface area contributed by atoms with Crippen molar-refractivity contribution in [1.82, 2.24) is 34.6 Å². The summed E-state index contributed by atoms with van der Waals surface area (Å²) in [6.45, 7) is 9.83. The number of nitrogens with zero attached hydrogens (tertiary/aromatic N) is 7. The first-order valence-corrected chi connectivity index (χ1v) is 24.0. The minimum atomic E-state index is -1.00. The number of amides is 3. The van der Waals surface area contributed by atoms with E-state index < -0.39 is 17.6 Å². The quantitative estimate of drug-likeness (QED) is 0.0783. The molecule has 0 radical (unpaired) electrons. The lowest BCUT2D eigenvalue weighted by molar-refractivity contribution is -0.129. The van der Waals surface area contributed by atoms with Gasteiger partial charge < -0.3 is 20.2 Å². The Morgan fingerprint density at radius 3 is 2.39 bits per heavy atom. The number of anilines is 3. The number of carbonyl (C=O) groups excluding carboxylic acids is 4. The third kappa shape index (κ3) is 8.30. The number of rotatable bonds is 14. The fraction of sp³-hybridized carbons (Fsp3) is 0.462. The maximum Gasteiger partial charge on any atom is 0.263 e. The van der Waals surface area contributed by atoms with Gasteiger partial charge in [0.05, 0.1) is 11.2 Å². The van der Waals surface area contributed by atoms with Crippen LogP contribution >= 0.6 is 0 Å². The second-order valence-electron chi connectivity index (χ2n) is 19.9. The van der Waals surface area contributed by atoms with Gasteiger partial charge in [-0.25, -0.2) is 9.97 Å². The number of benzene rings is 2. The zero-order valence-electron chi connectivity index (χ0n) is 38.6. The Bertz CT molecular complexity index is 2800. The fourth-order valence-corrected chi connectivity index (χ4v) is 11.8. The summed E-state index contributed by atoms with van der Waals surface area (Å²) < 4.78 is 1.73. The minimum absolute atomic E-state index is 0.0159. The lowest BCUT2D eigenvalue weighted by Gasteiger charge is -2.60. The van der Waals surface area contributed by atoms with Crippen molar-refractivity contribution in [3.8, 4) is 0 Å². The summed E-state index contributed by atoms with van der Waals surface area (Å²) >= 11 is 0. The van der Waals surface area contributed by atoms with Gasteiger partial charge in [-0.2, -0.15) is 4.98 Å². The second-order valence-corrected chi connectivity index (χ2v) is 19.9. The molecule has 1 unspecified atom stereocenters.